The topological polar surface area (TPSA) is 173 Å². The van der Waals surface area contributed by atoms with Crippen molar-refractivity contribution in [3.8, 4) is 17.2 Å². The van der Waals surface area contributed by atoms with Crippen molar-refractivity contribution in [2.75, 3.05) is 13.3 Å². The standard InChI is InChI=1S/C27H27N5O8/c1-14(2)23(24(35)25-31-30-22(40-25)11-16-5-8-19-20(10-16)39-13-38-19)29-21(34)12-32-26(36)18(28-27(32)37)9-15-3-6-17(33)7-4-15/h3-8,10,14,18,23,33H,9,11-13H2,1-2H3,(H,28,37)(H,29,34)/t18-,23+/m1/s1. The lowest BCUT2D eigenvalue weighted by Gasteiger charge is -2.21. The van der Waals surface area contributed by atoms with Crippen LogP contribution in [0.3, 0.4) is 0 Å². The number of carbonyl (C=O) groups excluding carboxylic acids is 4. The molecule has 3 N–H and O–H groups in total. The summed E-state index contributed by atoms with van der Waals surface area (Å²) in [6, 6.07) is 9.03. The molecule has 0 unspecified atom stereocenters. The number of ether oxygens (including phenoxy) is 2. The van der Waals surface area contributed by atoms with Gasteiger partial charge in [-0.15, -0.1) is 10.2 Å². The van der Waals surface area contributed by atoms with Gasteiger partial charge in [0.25, 0.3) is 11.8 Å². The molecule has 1 fully saturated rings. The third-order valence-electron chi connectivity index (χ3n) is 6.52. The van der Waals surface area contributed by atoms with Crippen molar-refractivity contribution in [3.05, 3.63) is 65.4 Å². The summed E-state index contributed by atoms with van der Waals surface area (Å²) in [6.45, 7) is 3.05. The van der Waals surface area contributed by atoms with Crippen LogP contribution in [0.4, 0.5) is 4.79 Å². The first kappa shape index (κ1) is 26.7. The summed E-state index contributed by atoms with van der Waals surface area (Å²) < 4.78 is 16.3. The minimum Gasteiger partial charge on any atom is -0.508 e. The van der Waals surface area contributed by atoms with Crippen molar-refractivity contribution >= 4 is 23.6 Å². The third kappa shape index (κ3) is 5.72. The summed E-state index contributed by atoms with van der Waals surface area (Å²) in [6.07, 6.45) is 0.453. The molecule has 13 nitrogen and oxygen atoms in total. The van der Waals surface area contributed by atoms with Gasteiger partial charge in [0.1, 0.15) is 18.3 Å². The Balaban J connectivity index is 1.19. The van der Waals surface area contributed by atoms with Crippen LogP contribution in [0.1, 0.15) is 41.6 Å². The van der Waals surface area contributed by atoms with Crippen LogP contribution in [0, 0.1) is 5.92 Å². The zero-order chi connectivity index (χ0) is 28.4. The first-order valence-electron chi connectivity index (χ1n) is 12.6. The Hall–Kier alpha value is -4.94. The molecule has 0 radical (unpaired) electrons. The number of nitrogens with one attached hydrogen (secondary N) is 2. The van der Waals surface area contributed by atoms with Crippen LogP contribution in [0.5, 0.6) is 17.2 Å². The number of imide groups is 1. The number of hydrogen-bond acceptors (Lipinski definition) is 10. The Morgan fingerprint density at radius 3 is 2.55 bits per heavy atom. The number of Topliss-reactive ketones (excluding diaryl/α,β-unsaturated/α-hetero) is 1. The van der Waals surface area contributed by atoms with Crippen molar-refractivity contribution < 1.29 is 38.2 Å². The number of carbonyl (C=O) groups is 4. The Morgan fingerprint density at radius 1 is 1.07 bits per heavy atom. The van der Waals surface area contributed by atoms with E-state index in [0.717, 1.165) is 16.0 Å². The molecule has 0 bridgehead atoms. The number of hydrogen-bond donors (Lipinski definition) is 3. The second-order valence-corrected chi connectivity index (χ2v) is 9.82. The Bertz CT molecular complexity index is 1450. The minimum atomic E-state index is -1.03. The van der Waals surface area contributed by atoms with Crippen LogP contribution < -0.4 is 20.1 Å². The highest BCUT2D eigenvalue weighted by atomic mass is 16.7. The van der Waals surface area contributed by atoms with Gasteiger partial charge < -0.3 is 29.6 Å². The van der Waals surface area contributed by atoms with Gasteiger partial charge >= 0.3 is 6.03 Å². The summed E-state index contributed by atoms with van der Waals surface area (Å²) in [5.41, 5.74) is 1.54. The molecule has 13 heteroatoms. The molecule has 2 aliphatic rings. The molecule has 1 aromatic heterocycles. The van der Waals surface area contributed by atoms with Crippen molar-refractivity contribution in [2.24, 2.45) is 5.92 Å². The quantitative estimate of drug-likeness (QED) is 0.249. The maximum absolute atomic E-state index is 13.2. The van der Waals surface area contributed by atoms with E-state index in [1.54, 1.807) is 38.1 Å². The van der Waals surface area contributed by atoms with Gasteiger partial charge in [-0.25, -0.2) is 4.79 Å². The van der Waals surface area contributed by atoms with E-state index in [4.69, 9.17) is 13.9 Å². The summed E-state index contributed by atoms with van der Waals surface area (Å²) >= 11 is 0. The molecule has 0 aliphatic carbocycles. The van der Waals surface area contributed by atoms with Crippen molar-refractivity contribution in [2.45, 2.75) is 38.8 Å². The fourth-order valence-electron chi connectivity index (χ4n) is 4.41. The number of urea groups is 1. The van der Waals surface area contributed by atoms with Gasteiger partial charge in [-0.3, -0.25) is 19.3 Å². The molecule has 2 aliphatic heterocycles. The summed E-state index contributed by atoms with van der Waals surface area (Å²) in [7, 11) is 0. The average molecular weight is 550 g/mol. The lowest BCUT2D eigenvalue weighted by molar-refractivity contribution is -0.132. The highest BCUT2D eigenvalue weighted by molar-refractivity contribution is 6.07. The molecule has 0 spiro atoms. The molecule has 5 rings (SSSR count). The first-order chi connectivity index (χ1) is 19.2. The molecular weight excluding hydrogens is 522 g/mol. The van der Waals surface area contributed by atoms with Crippen LogP contribution in [0.15, 0.2) is 46.9 Å². The molecular formula is C27H27N5O8. The second kappa shape index (κ2) is 11.0. The highest BCUT2D eigenvalue weighted by Crippen LogP contribution is 2.33. The summed E-state index contributed by atoms with van der Waals surface area (Å²) in [4.78, 5) is 52.0. The van der Waals surface area contributed by atoms with Gasteiger partial charge in [0.05, 0.1) is 12.5 Å². The molecule has 3 aromatic rings. The van der Waals surface area contributed by atoms with Crippen LogP contribution in [-0.4, -0.2) is 69.3 Å². The summed E-state index contributed by atoms with van der Waals surface area (Å²) in [5, 5.41) is 22.4. The number of phenols is 1. The average Bonchev–Trinajstić information content (AvgIpc) is 3.65. The molecule has 2 atom stereocenters. The van der Waals surface area contributed by atoms with Gasteiger partial charge in [-0.05, 0) is 41.3 Å². The van der Waals surface area contributed by atoms with Gasteiger partial charge in [0, 0.05) is 6.42 Å². The second-order valence-electron chi connectivity index (χ2n) is 9.82. The minimum absolute atomic E-state index is 0.0829. The van der Waals surface area contributed by atoms with E-state index in [9.17, 15) is 24.3 Å². The normalized spacial score (nSPS) is 16.8. The van der Waals surface area contributed by atoms with E-state index >= 15 is 0 Å². The Kier molecular flexibility index (Phi) is 7.36. The zero-order valence-corrected chi connectivity index (χ0v) is 21.7. The number of nitrogens with zero attached hydrogens (tertiary/aromatic N) is 3. The maximum Gasteiger partial charge on any atom is 0.325 e. The van der Waals surface area contributed by atoms with Crippen LogP contribution in [0.25, 0.3) is 0 Å². The van der Waals surface area contributed by atoms with Gasteiger partial charge in [0.2, 0.25) is 24.4 Å². The maximum atomic E-state index is 13.2. The van der Waals surface area contributed by atoms with Gasteiger partial charge in [0.15, 0.2) is 11.5 Å². The fraction of sp³-hybridized carbons (Fsp3) is 0.333. The largest absolute Gasteiger partial charge is 0.508 e. The predicted molar refractivity (Wildman–Crippen MR) is 137 cm³/mol. The fourth-order valence-corrected chi connectivity index (χ4v) is 4.41. The smallest absolute Gasteiger partial charge is 0.325 e. The van der Waals surface area contributed by atoms with Gasteiger partial charge in [-0.1, -0.05) is 32.0 Å². The van der Waals surface area contributed by atoms with Crippen LogP contribution in [0.2, 0.25) is 0 Å². The molecule has 208 valence electrons. The number of fused-ring (bicyclic) bond motifs is 1. The van der Waals surface area contributed by atoms with E-state index in [-0.39, 0.29) is 43.1 Å². The van der Waals surface area contributed by atoms with E-state index in [1.807, 2.05) is 6.07 Å². The zero-order valence-electron chi connectivity index (χ0n) is 21.7. The first-order valence-corrected chi connectivity index (χ1v) is 12.6. The van der Waals surface area contributed by atoms with E-state index in [0.29, 0.717) is 11.5 Å². The van der Waals surface area contributed by atoms with Crippen molar-refractivity contribution in [1.29, 1.82) is 0 Å². The SMILES string of the molecule is CC(C)[C@H](NC(=O)CN1C(=O)N[C@H](Cc2ccc(O)cc2)C1=O)C(=O)c1nnc(Cc2ccc3c(c2)OCO3)o1. The number of rotatable bonds is 10. The monoisotopic (exact) mass is 549 g/mol. The number of phenolic OH excluding ortho intramolecular Hbond substituents is 1. The highest BCUT2D eigenvalue weighted by Gasteiger charge is 2.39. The Labute approximate surface area is 228 Å². The number of amides is 4. The van der Waals surface area contributed by atoms with Crippen LogP contribution in [-0.2, 0) is 22.4 Å². The number of aromatic hydroxyl groups is 1. The van der Waals surface area contributed by atoms with E-state index in [1.165, 1.54) is 12.1 Å². The third-order valence-corrected chi connectivity index (χ3v) is 6.52. The molecule has 0 saturated carbocycles. The van der Waals surface area contributed by atoms with E-state index in [2.05, 4.69) is 20.8 Å². The van der Waals surface area contributed by atoms with Crippen molar-refractivity contribution in [3.63, 3.8) is 0 Å². The lowest BCUT2D eigenvalue weighted by atomic mass is 9.99. The van der Waals surface area contributed by atoms with Gasteiger partial charge in [-0.2, -0.15) is 0 Å². The van der Waals surface area contributed by atoms with Crippen molar-refractivity contribution in [1.82, 2.24) is 25.7 Å². The van der Waals surface area contributed by atoms with E-state index < -0.39 is 42.3 Å². The predicted octanol–water partition coefficient (Wildman–Crippen LogP) is 1.58. The number of ketones is 1. The molecule has 4 amide bonds. The summed E-state index contributed by atoms with van der Waals surface area (Å²) in [5.74, 6) is -0.935. The molecule has 2 aromatic carbocycles. The number of benzene rings is 2. The molecule has 3 heterocycles. The molecule has 1 saturated heterocycles. The van der Waals surface area contributed by atoms with Crippen LogP contribution >= 0.6 is 0 Å². The lowest BCUT2D eigenvalue weighted by Crippen LogP contribution is -2.49. The molecule has 40 heavy (non-hydrogen) atoms. The number of aromatic nitrogens is 2. The Morgan fingerprint density at radius 2 is 1.80 bits per heavy atom.